The van der Waals surface area contributed by atoms with Crippen LogP contribution in [0.25, 0.3) is 32.7 Å². The molecular formula is C46H36O18P2S6. The number of benzene rings is 8. The van der Waals surface area contributed by atoms with E-state index in [-0.39, 0.29) is 66.2 Å². The van der Waals surface area contributed by atoms with Gasteiger partial charge in [0, 0.05) is 17.7 Å². The summed E-state index contributed by atoms with van der Waals surface area (Å²) in [6, 6.07) is 34.2. The Hall–Kier alpha value is -5.40. The number of hydrogen-bond acceptors (Lipinski definition) is 12. The molecule has 0 atom stereocenters. The zero-order chi connectivity index (χ0) is 52.3. The van der Waals surface area contributed by atoms with Gasteiger partial charge >= 0.3 is 0 Å². The summed E-state index contributed by atoms with van der Waals surface area (Å²) in [7, 11) is -33.1. The lowest BCUT2D eigenvalue weighted by Gasteiger charge is -2.26. The summed E-state index contributed by atoms with van der Waals surface area (Å²) in [6.45, 7) is 0. The summed E-state index contributed by atoms with van der Waals surface area (Å²) in [6.07, 6.45) is -0.318. The molecule has 0 aliphatic heterocycles. The predicted molar refractivity (Wildman–Crippen MR) is 271 cm³/mol. The number of hydrogen-bond donors (Lipinski definition) is 6. The highest BCUT2D eigenvalue weighted by atomic mass is 32.2. The lowest BCUT2D eigenvalue weighted by atomic mass is 9.88. The largest absolute Gasteiger partial charge is 0.295 e. The maximum Gasteiger partial charge on any atom is 0.295 e. The smallest absolute Gasteiger partial charge is 0.282 e. The zero-order valence-corrected chi connectivity index (χ0v) is 43.0. The normalized spacial score (nSPS) is 13.1. The van der Waals surface area contributed by atoms with Gasteiger partial charge in [0.05, 0.1) is 24.5 Å². The van der Waals surface area contributed by atoms with E-state index in [1.807, 2.05) is 0 Å². The fourth-order valence-corrected chi connectivity index (χ4v) is 16.7. The van der Waals surface area contributed by atoms with Crippen LogP contribution in [0.5, 0.6) is 0 Å². The van der Waals surface area contributed by atoms with Crippen molar-refractivity contribution in [2.45, 2.75) is 41.7 Å². The van der Waals surface area contributed by atoms with E-state index in [2.05, 4.69) is 0 Å². The Morgan fingerprint density at radius 2 is 0.639 bits per heavy atom. The molecule has 18 nitrogen and oxygen atoms in total. The Morgan fingerprint density at radius 3 is 1.01 bits per heavy atom. The molecule has 0 saturated carbocycles. The van der Waals surface area contributed by atoms with Crippen LogP contribution in [0.1, 0.15) is 11.1 Å². The van der Waals surface area contributed by atoms with Crippen LogP contribution >= 0.6 is 15.8 Å². The maximum absolute atomic E-state index is 13.0. The topological polar surface area (TPSA) is 326 Å². The molecule has 0 aliphatic carbocycles. The molecule has 8 rings (SSSR count). The quantitative estimate of drug-likeness (QED) is 0.0477. The fraction of sp³-hybridized carbons (Fsp3) is 0.0435. The van der Waals surface area contributed by atoms with Crippen LogP contribution in [-0.4, -0.2) is 77.8 Å². The Morgan fingerprint density at radius 1 is 0.306 bits per heavy atom. The molecule has 6 N–H and O–H groups in total. The highest BCUT2D eigenvalue weighted by molar-refractivity contribution is 7.87. The van der Waals surface area contributed by atoms with Gasteiger partial charge in [0.1, 0.15) is 4.90 Å². The van der Waals surface area contributed by atoms with E-state index >= 15 is 0 Å². The minimum absolute atomic E-state index is 0.0358. The molecule has 0 saturated heterocycles. The third-order valence-electron chi connectivity index (χ3n) is 11.4. The predicted octanol–water partition coefficient (Wildman–Crippen LogP) is 6.41. The van der Waals surface area contributed by atoms with Gasteiger partial charge in [0.25, 0.3) is 60.7 Å². The standard InChI is InChI=1S/C46H36O18P2S6/c47-67(48,49)36-10-1-6-32(23-36)65(33-7-2-11-37(24-33)68(50,51)52)27-30-17-16-29-22-40(71(59,60)61)19-21-41(29)45(30)46-31(18-20-42-43(46)14-5-15-44(42)72(62,63)64)28-66(34-8-3-12-38(25-34)69(53,54)55)35-9-4-13-39(26-35)70(56,57)58/h1-26H,27-28H2,(H,47,48,49)(H,50,51,52)(H,53,54,55)(H,56,57,58)(H,59,60,61)(H,62,63,64). The van der Waals surface area contributed by atoms with Gasteiger partial charge in [-0.05, 0) is 142 Å². The molecule has 0 spiro atoms. The molecule has 0 aliphatic rings. The fourth-order valence-electron chi connectivity index (χ4n) is 8.22. The van der Waals surface area contributed by atoms with Crippen LogP contribution < -0.4 is 21.2 Å². The Kier molecular flexibility index (Phi) is 14.3. The van der Waals surface area contributed by atoms with Crippen molar-refractivity contribution >= 4 is 119 Å². The van der Waals surface area contributed by atoms with Gasteiger partial charge in [-0.15, -0.1) is 0 Å². The second-order valence-electron chi connectivity index (χ2n) is 15.9. The van der Waals surface area contributed by atoms with E-state index in [4.69, 9.17) is 0 Å². The third-order valence-corrected chi connectivity index (χ3v) is 21.5. The summed E-state index contributed by atoms with van der Waals surface area (Å²) >= 11 is 0. The van der Waals surface area contributed by atoms with Gasteiger partial charge < -0.3 is 0 Å². The van der Waals surface area contributed by atoms with Crippen molar-refractivity contribution in [2.24, 2.45) is 0 Å². The van der Waals surface area contributed by atoms with Crippen LogP contribution in [-0.2, 0) is 73.0 Å². The van der Waals surface area contributed by atoms with E-state index in [0.717, 1.165) is 42.5 Å². The van der Waals surface area contributed by atoms with E-state index in [1.165, 1.54) is 109 Å². The molecule has 72 heavy (non-hydrogen) atoms. The van der Waals surface area contributed by atoms with Crippen LogP contribution in [0.2, 0.25) is 0 Å². The lowest BCUT2D eigenvalue weighted by Crippen LogP contribution is -2.17. The minimum Gasteiger partial charge on any atom is -0.282 e. The number of rotatable bonds is 15. The van der Waals surface area contributed by atoms with Gasteiger partial charge in [-0.3, -0.25) is 27.3 Å². The van der Waals surface area contributed by atoms with Crippen molar-refractivity contribution in [3.8, 4) is 11.1 Å². The highest BCUT2D eigenvalue weighted by Crippen LogP contribution is 2.49. The maximum atomic E-state index is 13.0. The molecule has 0 aromatic heterocycles. The van der Waals surface area contributed by atoms with Gasteiger partial charge in [0.15, 0.2) is 0 Å². The highest BCUT2D eigenvalue weighted by Gasteiger charge is 2.28. The average molecular weight is 1130 g/mol. The van der Waals surface area contributed by atoms with Crippen molar-refractivity contribution in [2.75, 3.05) is 0 Å². The summed E-state index contributed by atoms with van der Waals surface area (Å²) in [4.78, 5) is -3.15. The van der Waals surface area contributed by atoms with Crippen molar-refractivity contribution < 1.29 is 77.8 Å². The van der Waals surface area contributed by atoms with Crippen LogP contribution in [0.4, 0.5) is 0 Å². The lowest BCUT2D eigenvalue weighted by molar-refractivity contribution is 0.481. The zero-order valence-electron chi connectivity index (χ0n) is 36.4. The van der Waals surface area contributed by atoms with Crippen LogP contribution in [0.15, 0.2) is 187 Å². The van der Waals surface area contributed by atoms with Crippen molar-refractivity contribution in [1.29, 1.82) is 0 Å². The molecule has 0 heterocycles. The average Bonchev–Trinajstić information content (AvgIpc) is 3.30. The van der Waals surface area contributed by atoms with E-state index in [1.54, 1.807) is 6.07 Å². The molecule has 0 fully saturated rings. The molecular weight excluding hydrogens is 1090 g/mol. The first-order valence-corrected chi connectivity index (χ1v) is 32.1. The van der Waals surface area contributed by atoms with Crippen molar-refractivity contribution in [1.82, 2.24) is 0 Å². The Labute approximate surface area is 416 Å². The number of fused-ring (bicyclic) bond motifs is 2. The van der Waals surface area contributed by atoms with E-state index in [0.29, 0.717) is 11.1 Å². The second kappa shape index (κ2) is 19.5. The summed E-state index contributed by atoms with van der Waals surface area (Å²) in [5, 5.41) is 1.57. The first kappa shape index (κ1) is 52.9. The van der Waals surface area contributed by atoms with E-state index in [9.17, 15) is 77.8 Å². The molecule has 8 aromatic carbocycles. The second-order valence-corrected chi connectivity index (χ2v) is 28.9. The monoisotopic (exact) mass is 1130 g/mol. The van der Waals surface area contributed by atoms with Gasteiger partial charge in [0.2, 0.25) is 0 Å². The van der Waals surface area contributed by atoms with Gasteiger partial charge in [-0.25, -0.2) is 0 Å². The van der Waals surface area contributed by atoms with E-state index < -0.39 is 106 Å². The van der Waals surface area contributed by atoms with Crippen LogP contribution in [0.3, 0.4) is 0 Å². The molecule has 0 radical (unpaired) electrons. The van der Waals surface area contributed by atoms with Gasteiger partial charge in [-0.1, -0.05) is 91.0 Å². The first-order chi connectivity index (χ1) is 33.5. The molecule has 374 valence electrons. The van der Waals surface area contributed by atoms with Gasteiger partial charge in [-0.2, -0.15) is 50.5 Å². The summed E-state index contributed by atoms with van der Waals surface area (Å²) in [5.74, 6) is 0. The SMILES string of the molecule is O=S(=O)(O)c1cccc(P(Cc2ccc3cc(S(=O)(=O)O)ccc3c2-c2c(CP(c3cccc(S(=O)(=O)O)c3)c3cccc(S(=O)(=O)O)c3)ccc3c(S(=O)(=O)O)cccc23)c2cccc(S(=O)(=O)O)c2)c1. The Bertz CT molecular complexity index is 4100. The molecule has 0 amide bonds. The molecule has 8 aromatic rings. The first-order valence-electron chi connectivity index (χ1n) is 20.4. The minimum atomic E-state index is -4.97. The molecule has 0 bridgehead atoms. The molecule has 26 heteroatoms. The van der Waals surface area contributed by atoms with Crippen molar-refractivity contribution in [3.63, 3.8) is 0 Å². The van der Waals surface area contributed by atoms with Crippen molar-refractivity contribution in [3.05, 3.63) is 169 Å². The molecule has 0 unspecified atom stereocenters. The third kappa shape index (κ3) is 11.4. The summed E-state index contributed by atoms with van der Waals surface area (Å²) < 4.78 is 212. The Balaban J connectivity index is 1.50. The summed E-state index contributed by atoms with van der Waals surface area (Å²) in [5.41, 5.74) is 1.12. The van der Waals surface area contributed by atoms with Crippen LogP contribution in [0, 0.1) is 0 Å².